The van der Waals surface area contributed by atoms with E-state index in [0.29, 0.717) is 6.04 Å². The Bertz CT molecular complexity index is 443. The summed E-state index contributed by atoms with van der Waals surface area (Å²) < 4.78 is 0. The zero-order valence-electron chi connectivity index (χ0n) is 12.7. The van der Waals surface area contributed by atoms with Gasteiger partial charge in [0.2, 0.25) is 0 Å². The van der Waals surface area contributed by atoms with E-state index < -0.39 is 0 Å². The van der Waals surface area contributed by atoms with E-state index in [1.807, 2.05) is 0 Å². The fourth-order valence-corrected chi connectivity index (χ4v) is 4.11. The first-order valence-corrected chi connectivity index (χ1v) is 8.37. The lowest BCUT2D eigenvalue weighted by Gasteiger charge is -2.39. The van der Waals surface area contributed by atoms with Crippen molar-refractivity contribution in [3.8, 4) is 0 Å². The van der Waals surface area contributed by atoms with Crippen LogP contribution < -0.4 is 5.73 Å². The minimum Gasteiger partial charge on any atom is -0.323 e. The molecular formula is C18H28N2. The summed E-state index contributed by atoms with van der Waals surface area (Å²) in [6.07, 6.45) is 7.89. The van der Waals surface area contributed by atoms with Crippen LogP contribution in [0.4, 0.5) is 0 Å². The summed E-state index contributed by atoms with van der Waals surface area (Å²) in [4.78, 5) is 2.69. The number of nitrogens with zero attached hydrogens (tertiary/aromatic N) is 1. The molecule has 0 bridgehead atoms. The highest BCUT2D eigenvalue weighted by molar-refractivity contribution is 5.33. The molecular weight excluding hydrogens is 244 g/mol. The Labute approximate surface area is 123 Å². The second-order valence-electron chi connectivity index (χ2n) is 6.57. The molecule has 1 aromatic rings. The molecule has 2 nitrogen and oxygen atoms in total. The smallest absolute Gasteiger partial charge is 0.0455 e. The number of likely N-dealkylation sites (tertiary alicyclic amines) is 1. The fourth-order valence-electron chi connectivity index (χ4n) is 4.11. The summed E-state index contributed by atoms with van der Waals surface area (Å²) in [7, 11) is 0. The van der Waals surface area contributed by atoms with Crippen molar-refractivity contribution in [2.24, 2.45) is 11.7 Å². The summed E-state index contributed by atoms with van der Waals surface area (Å²) in [6.45, 7) is 4.83. The largest absolute Gasteiger partial charge is 0.323 e. The Morgan fingerprint density at radius 1 is 1.15 bits per heavy atom. The van der Waals surface area contributed by atoms with Crippen LogP contribution in [0.3, 0.4) is 0 Å². The lowest BCUT2D eigenvalue weighted by molar-refractivity contribution is 0.159. The molecule has 1 aromatic carbocycles. The van der Waals surface area contributed by atoms with E-state index in [4.69, 9.17) is 5.73 Å². The van der Waals surface area contributed by atoms with Gasteiger partial charge in [-0.1, -0.05) is 37.6 Å². The standard InChI is InChI=1S/C18H28N2/c1-2-14-6-5-12-20(13-11-14)17-10-9-15-7-3-4-8-16(15)18(17)19/h3-4,7-8,14,17-18H,2,5-6,9-13,19H2,1H3. The first-order chi connectivity index (χ1) is 9.79. The lowest BCUT2D eigenvalue weighted by Crippen LogP contribution is -2.45. The average Bonchev–Trinajstić information content (AvgIpc) is 2.73. The molecule has 20 heavy (non-hydrogen) atoms. The van der Waals surface area contributed by atoms with Crippen molar-refractivity contribution in [2.75, 3.05) is 13.1 Å². The molecule has 2 aliphatic rings. The molecule has 2 heteroatoms. The van der Waals surface area contributed by atoms with Crippen molar-refractivity contribution in [1.29, 1.82) is 0 Å². The van der Waals surface area contributed by atoms with Crippen molar-refractivity contribution < 1.29 is 0 Å². The highest BCUT2D eigenvalue weighted by atomic mass is 15.2. The molecule has 0 saturated carbocycles. The molecule has 3 rings (SSSR count). The SMILES string of the molecule is CCC1CCCN(C2CCc3ccccc3C2N)CC1. The minimum absolute atomic E-state index is 0.207. The summed E-state index contributed by atoms with van der Waals surface area (Å²) in [5.41, 5.74) is 9.46. The Balaban J connectivity index is 1.72. The third-order valence-corrected chi connectivity index (χ3v) is 5.47. The van der Waals surface area contributed by atoms with Gasteiger partial charge in [-0.05, 0) is 62.2 Å². The zero-order valence-corrected chi connectivity index (χ0v) is 12.7. The molecule has 0 spiro atoms. The maximum atomic E-state index is 6.60. The lowest BCUT2D eigenvalue weighted by atomic mass is 9.83. The van der Waals surface area contributed by atoms with Crippen LogP contribution in [0, 0.1) is 5.92 Å². The monoisotopic (exact) mass is 272 g/mol. The molecule has 1 fully saturated rings. The van der Waals surface area contributed by atoms with Gasteiger partial charge in [-0.15, -0.1) is 0 Å². The second kappa shape index (κ2) is 6.28. The quantitative estimate of drug-likeness (QED) is 0.892. The van der Waals surface area contributed by atoms with Crippen LogP contribution in [0.15, 0.2) is 24.3 Å². The van der Waals surface area contributed by atoms with Crippen LogP contribution in [0.1, 0.15) is 56.2 Å². The summed E-state index contributed by atoms with van der Waals surface area (Å²) >= 11 is 0. The number of fused-ring (bicyclic) bond motifs is 1. The van der Waals surface area contributed by atoms with E-state index in [-0.39, 0.29) is 6.04 Å². The molecule has 0 amide bonds. The van der Waals surface area contributed by atoms with Crippen LogP contribution in [-0.4, -0.2) is 24.0 Å². The van der Waals surface area contributed by atoms with Gasteiger partial charge in [0.05, 0.1) is 0 Å². The third kappa shape index (κ3) is 2.77. The van der Waals surface area contributed by atoms with Gasteiger partial charge in [0.15, 0.2) is 0 Å². The normalized spacial score (nSPS) is 31.6. The van der Waals surface area contributed by atoms with Crippen molar-refractivity contribution in [1.82, 2.24) is 4.90 Å². The number of hydrogen-bond donors (Lipinski definition) is 1. The summed E-state index contributed by atoms with van der Waals surface area (Å²) in [5, 5.41) is 0. The van der Waals surface area contributed by atoms with Crippen molar-refractivity contribution in [3.63, 3.8) is 0 Å². The number of hydrogen-bond acceptors (Lipinski definition) is 2. The molecule has 3 unspecified atom stereocenters. The van der Waals surface area contributed by atoms with Crippen LogP contribution in [0.2, 0.25) is 0 Å². The van der Waals surface area contributed by atoms with E-state index >= 15 is 0 Å². The number of nitrogens with two attached hydrogens (primary N) is 1. The minimum atomic E-state index is 0.207. The molecule has 0 radical (unpaired) electrons. The highest BCUT2D eigenvalue weighted by Gasteiger charge is 2.31. The molecule has 1 aliphatic heterocycles. The number of rotatable bonds is 2. The number of aryl methyl sites for hydroxylation is 1. The van der Waals surface area contributed by atoms with Crippen LogP contribution >= 0.6 is 0 Å². The maximum absolute atomic E-state index is 6.60. The molecule has 3 atom stereocenters. The third-order valence-electron chi connectivity index (χ3n) is 5.47. The number of benzene rings is 1. The fraction of sp³-hybridized carbons (Fsp3) is 0.667. The second-order valence-corrected chi connectivity index (χ2v) is 6.57. The Kier molecular flexibility index (Phi) is 4.42. The van der Waals surface area contributed by atoms with Crippen LogP contribution in [-0.2, 0) is 6.42 Å². The molecule has 2 N–H and O–H groups in total. The molecule has 110 valence electrons. The van der Waals surface area contributed by atoms with E-state index in [1.54, 1.807) is 0 Å². The average molecular weight is 272 g/mol. The summed E-state index contributed by atoms with van der Waals surface area (Å²) in [5.74, 6) is 0.937. The Morgan fingerprint density at radius 3 is 2.85 bits per heavy atom. The van der Waals surface area contributed by atoms with Crippen LogP contribution in [0.5, 0.6) is 0 Å². The van der Waals surface area contributed by atoms with Gasteiger partial charge in [0.1, 0.15) is 0 Å². The first kappa shape index (κ1) is 14.1. The molecule has 1 aliphatic carbocycles. The van der Waals surface area contributed by atoms with Gasteiger partial charge in [-0.3, -0.25) is 4.90 Å². The van der Waals surface area contributed by atoms with Gasteiger partial charge in [-0.25, -0.2) is 0 Å². The zero-order chi connectivity index (χ0) is 13.9. The van der Waals surface area contributed by atoms with Crippen LogP contribution in [0.25, 0.3) is 0 Å². The van der Waals surface area contributed by atoms with E-state index in [0.717, 1.165) is 5.92 Å². The van der Waals surface area contributed by atoms with Gasteiger partial charge < -0.3 is 5.73 Å². The maximum Gasteiger partial charge on any atom is 0.0455 e. The molecule has 1 heterocycles. The van der Waals surface area contributed by atoms with Gasteiger partial charge in [-0.2, -0.15) is 0 Å². The predicted octanol–water partition coefficient (Wildman–Crippen LogP) is 3.51. The summed E-state index contributed by atoms with van der Waals surface area (Å²) in [6, 6.07) is 9.53. The van der Waals surface area contributed by atoms with Crippen molar-refractivity contribution >= 4 is 0 Å². The Morgan fingerprint density at radius 2 is 2.00 bits per heavy atom. The Hall–Kier alpha value is -0.860. The van der Waals surface area contributed by atoms with E-state index in [9.17, 15) is 0 Å². The highest BCUT2D eigenvalue weighted by Crippen LogP contribution is 2.33. The van der Waals surface area contributed by atoms with Gasteiger partial charge in [0.25, 0.3) is 0 Å². The van der Waals surface area contributed by atoms with E-state index in [1.165, 1.54) is 62.7 Å². The molecule has 1 saturated heterocycles. The molecule has 0 aromatic heterocycles. The topological polar surface area (TPSA) is 29.3 Å². The van der Waals surface area contributed by atoms with Gasteiger partial charge >= 0.3 is 0 Å². The predicted molar refractivity (Wildman–Crippen MR) is 84.7 cm³/mol. The van der Waals surface area contributed by atoms with Gasteiger partial charge in [0, 0.05) is 12.1 Å². The first-order valence-electron chi connectivity index (χ1n) is 8.37. The van der Waals surface area contributed by atoms with Crippen molar-refractivity contribution in [2.45, 2.75) is 57.5 Å². The van der Waals surface area contributed by atoms with E-state index in [2.05, 4.69) is 36.1 Å². The van der Waals surface area contributed by atoms with Crippen molar-refractivity contribution in [3.05, 3.63) is 35.4 Å².